The van der Waals surface area contributed by atoms with E-state index >= 15 is 0 Å². The summed E-state index contributed by atoms with van der Waals surface area (Å²) >= 11 is 0. The highest BCUT2D eigenvalue weighted by Gasteiger charge is 2.25. The zero-order valence-corrected chi connectivity index (χ0v) is 11.1. The Morgan fingerprint density at radius 3 is 2.70 bits per heavy atom. The predicted octanol–water partition coefficient (Wildman–Crippen LogP) is 1.37. The van der Waals surface area contributed by atoms with Crippen LogP contribution >= 0.6 is 0 Å². The highest BCUT2D eigenvalue weighted by Crippen LogP contribution is 2.28. The van der Waals surface area contributed by atoms with Gasteiger partial charge in [0.2, 0.25) is 0 Å². The van der Waals surface area contributed by atoms with Gasteiger partial charge in [-0.05, 0) is 17.7 Å². The lowest BCUT2D eigenvalue weighted by Crippen LogP contribution is -2.17. The van der Waals surface area contributed by atoms with Crippen LogP contribution in [0, 0.1) is 0 Å². The van der Waals surface area contributed by atoms with Gasteiger partial charge in [-0.25, -0.2) is 4.79 Å². The van der Waals surface area contributed by atoms with E-state index in [0.29, 0.717) is 17.8 Å². The minimum absolute atomic E-state index is 0.00792. The first kappa shape index (κ1) is 12.4. The molecule has 102 valence electrons. The average molecular weight is 271 g/mol. The van der Waals surface area contributed by atoms with Crippen molar-refractivity contribution in [2.45, 2.75) is 6.54 Å². The van der Waals surface area contributed by atoms with E-state index in [0.717, 1.165) is 11.1 Å². The number of carboxylic acid groups (broad SMARTS) is 1. The molecule has 0 aliphatic carbocycles. The third kappa shape index (κ3) is 1.77. The van der Waals surface area contributed by atoms with Gasteiger partial charge in [0.1, 0.15) is 0 Å². The summed E-state index contributed by atoms with van der Waals surface area (Å²) in [7, 11) is 3.44. The Kier molecular flexibility index (Phi) is 2.60. The van der Waals surface area contributed by atoms with Crippen LogP contribution in [0.1, 0.15) is 26.4 Å². The van der Waals surface area contributed by atoms with Crippen molar-refractivity contribution in [2.75, 3.05) is 7.05 Å². The number of hydrogen-bond donors (Lipinski definition) is 1. The van der Waals surface area contributed by atoms with E-state index in [1.165, 1.54) is 10.7 Å². The van der Waals surface area contributed by atoms with Gasteiger partial charge in [-0.3, -0.25) is 9.48 Å². The molecule has 0 spiro atoms. The minimum Gasteiger partial charge on any atom is -0.476 e. The lowest BCUT2D eigenvalue weighted by Gasteiger charge is -2.05. The van der Waals surface area contributed by atoms with Crippen molar-refractivity contribution >= 4 is 11.9 Å². The van der Waals surface area contributed by atoms with E-state index < -0.39 is 5.97 Å². The van der Waals surface area contributed by atoms with Gasteiger partial charge in [0.15, 0.2) is 5.69 Å². The second kappa shape index (κ2) is 4.19. The van der Waals surface area contributed by atoms with Crippen molar-refractivity contribution < 1.29 is 14.7 Å². The summed E-state index contributed by atoms with van der Waals surface area (Å²) in [5, 5.41) is 12.9. The van der Waals surface area contributed by atoms with Gasteiger partial charge in [0, 0.05) is 31.8 Å². The van der Waals surface area contributed by atoms with Crippen molar-refractivity contribution in [3.05, 3.63) is 41.1 Å². The number of hydrogen-bond acceptors (Lipinski definition) is 3. The maximum atomic E-state index is 12.0. The number of nitrogens with zero attached hydrogens (tertiary/aromatic N) is 3. The smallest absolute Gasteiger partial charge is 0.356 e. The molecule has 0 unspecified atom stereocenters. The summed E-state index contributed by atoms with van der Waals surface area (Å²) in [6, 6.07) is 7.09. The number of carboxylic acids is 1. The maximum Gasteiger partial charge on any atom is 0.356 e. The molecule has 1 N–H and O–H groups in total. The van der Waals surface area contributed by atoms with Gasteiger partial charge in [-0.15, -0.1) is 0 Å². The number of fused-ring (bicyclic) bond motifs is 1. The van der Waals surface area contributed by atoms with Crippen LogP contribution in [0.25, 0.3) is 11.3 Å². The molecule has 20 heavy (non-hydrogen) atoms. The van der Waals surface area contributed by atoms with Gasteiger partial charge in [-0.1, -0.05) is 12.1 Å². The van der Waals surface area contributed by atoms with Gasteiger partial charge >= 0.3 is 5.97 Å². The van der Waals surface area contributed by atoms with Crippen molar-refractivity contribution in [3.63, 3.8) is 0 Å². The molecule has 0 bridgehead atoms. The molecule has 1 aromatic carbocycles. The summed E-state index contributed by atoms with van der Waals surface area (Å²) < 4.78 is 1.51. The molecule has 0 radical (unpaired) electrons. The van der Waals surface area contributed by atoms with Crippen molar-refractivity contribution in [1.82, 2.24) is 14.7 Å². The quantitative estimate of drug-likeness (QED) is 0.895. The van der Waals surface area contributed by atoms with E-state index in [-0.39, 0.29) is 11.6 Å². The maximum absolute atomic E-state index is 12.0. The third-order valence-corrected chi connectivity index (χ3v) is 3.49. The molecule has 0 saturated carbocycles. The Bertz CT molecular complexity index is 733. The van der Waals surface area contributed by atoms with Crippen molar-refractivity contribution in [3.8, 4) is 11.3 Å². The second-order valence-corrected chi connectivity index (χ2v) is 4.88. The first-order chi connectivity index (χ1) is 9.47. The molecular weight excluding hydrogens is 258 g/mol. The van der Waals surface area contributed by atoms with Crippen molar-refractivity contribution in [2.24, 2.45) is 7.05 Å². The topological polar surface area (TPSA) is 75.4 Å². The number of aryl methyl sites for hydroxylation is 1. The summed E-state index contributed by atoms with van der Waals surface area (Å²) in [6.45, 7) is 0.611. The zero-order chi connectivity index (χ0) is 14.4. The van der Waals surface area contributed by atoms with E-state index in [4.69, 9.17) is 5.11 Å². The first-order valence-electron chi connectivity index (χ1n) is 6.13. The molecule has 6 heteroatoms. The lowest BCUT2D eigenvalue weighted by atomic mass is 10.0. The third-order valence-electron chi connectivity index (χ3n) is 3.49. The summed E-state index contributed by atoms with van der Waals surface area (Å²) in [4.78, 5) is 24.6. The van der Waals surface area contributed by atoms with Gasteiger partial charge < -0.3 is 10.0 Å². The average Bonchev–Trinajstić information content (AvgIpc) is 2.92. The normalized spacial score (nSPS) is 13.7. The van der Waals surface area contributed by atoms with Crippen LogP contribution in [0.5, 0.6) is 0 Å². The number of carbonyl (C=O) groups excluding carboxylic acids is 1. The monoisotopic (exact) mass is 271 g/mol. The molecular formula is C14H13N3O3. The second-order valence-electron chi connectivity index (χ2n) is 4.88. The molecule has 2 aromatic rings. The van der Waals surface area contributed by atoms with Crippen molar-refractivity contribution in [1.29, 1.82) is 0 Å². The van der Waals surface area contributed by atoms with Crippen LogP contribution in [-0.2, 0) is 13.6 Å². The van der Waals surface area contributed by atoms with Crippen LogP contribution < -0.4 is 0 Å². The Balaban J connectivity index is 2.09. The summed E-state index contributed by atoms with van der Waals surface area (Å²) in [5.74, 6) is -1.08. The standard InChI is InChI=1S/C14H13N3O3/c1-16-7-9-4-3-8(5-10(9)13(16)18)12-6-11(14(19)20)15-17(12)2/h3-6H,7H2,1-2H3,(H,19,20). The fourth-order valence-corrected chi connectivity index (χ4v) is 2.45. The molecule has 0 saturated heterocycles. The first-order valence-corrected chi connectivity index (χ1v) is 6.13. The molecule has 1 aliphatic heterocycles. The molecule has 3 rings (SSSR count). The SMILES string of the molecule is CN1Cc2ccc(-c3cc(C(=O)O)nn3C)cc2C1=O. The van der Waals surface area contributed by atoms with E-state index in [9.17, 15) is 9.59 Å². The Morgan fingerprint density at radius 1 is 1.30 bits per heavy atom. The number of aromatic carboxylic acids is 1. The minimum atomic E-state index is -1.07. The Hall–Kier alpha value is -2.63. The molecule has 0 atom stereocenters. The predicted molar refractivity (Wildman–Crippen MR) is 71.4 cm³/mol. The molecule has 1 amide bonds. The molecule has 6 nitrogen and oxygen atoms in total. The van der Waals surface area contributed by atoms with Gasteiger partial charge in [0.25, 0.3) is 5.91 Å². The number of carbonyl (C=O) groups is 2. The number of aromatic nitrogens is 2. The molecule has 0 fully saturated rings. The molecule has 1 aliphatic rings. The van der Waals surface area contributed by atoms with Crippen LogP contribution in [0.15, 0.2) is 24.3 Å². The highest BCUT2D eigenvalue weighted by atomic mass is 16.4. The van der Waals surface area contributed by atoms with E-state index in [1.807, 2.05) is 12.1 Å². The molecule has 2 heterocycles. The Labute approximate surface area is 115 Å². The Morgan fingerprint density at radius 2 is 2.05 bits per heavy atom. The van der Waals surface area contributed by atoms with Crippen LogP contribution in [0.2, 0.25) is 0 Å². The van der Waals surface area contributed by atoms with E-state index in [2.05, 4.69) is 5.10 Å². The largest absolute Gasteiger partial charge is 0.476 e. The fourth-order valence-electron chi connectivity index (χ4n) is 2.45. The van der Waals surface area contributed by atoms with Gasteiger partial charge in [0.05, 0.1) is 5.69 Å². The highest BCUT2D eigenvalue weighted by molar-refractivity contribution is 5.99. The van der Waals surface area contributed by atoms with Crippen LogP contribution in [0.3, 0.4) is 0 Å². The summed E-state index contributed by atoms with van der Waals surface area (Å²) in [5.41, 5.74) is 3.11. The number of benzene rings is 1. The lowest BCUT2D eigenvalue weighted by molar-refractivity contribution is 0.0689. The molecule has 1 aromatic heterocycles. The van der Waals surface area contributed by atoms with Gasteiger partial charge in [-0.2, -0.15) is 5.10 Å². The van der Waals surface area contributed by atoms with Crippen LogP contribution in [0.4, 0.5) is 0 Å². The number of rotatable bonds is 2. The number of amides is 1. The van der Waals surface area contributed by atoms with Crippen LogP contribution in [-0.4, -0.2) is 38.7 Å². The summed E-state index contributed by atoms with van der Waals surface area (Å²) in [6.07, 6.45) is 0. The van der Waals surface area contributed by atoms with E-state index in [1.54, 1.807) is 25.1 Å². The zero-order valence-electron chi connectivity index (χ0n) is 11.1. The fraction of sp³-hybridized carbons (Fsp3) is 0.214.